The molecule has 4 heteroatoms. The van der Waals surface area contributed by atoms with Gasteiger partial charge in [-0.3, -0.25) is 0 Å². The molecule has 3 nitrogen and oxygen atoms in total. The first kappa shape index (κ1) is 13.9. The Bertz CT molecular complexity index is 751. The Morgan fingerprint density at radius 2 is 1.91 bits per heavy atom. The smallest absolute Gasteiger partial charge is 0.231 e. The molecule has 3 atom stereocenters. The average molecular weight is 328 g/mol. The SMILES string of the molecule is Cc1cc2c(s1)[C@@H]1CCCC[C@@H]1O[C@H]2c1ccc2c(c1)OCO2. The van der Waals surface area contributed by atoms with E-state index in [4.69, 9.17) is 14.2 Å². The van der Waals surface area contributed by atoms with Crippen LogP contribution in [0.5, 0.6) is 11.5 Å². The van der Waals surface area contributed by atoms with Gasteiger partial charge >= 0.3 is 0 Å². The first-order chi connectivity index (χ1) is 11.3. The largest absolute Gasteiger partial charge is 0.454 e. The van der Waals surface area contributed by atoms with Crippen molar-refractivity contribution in [1.82, 2.24) is 0 Å². The molecule has 1 saturated carbocycles. The van der Waals surface area contributed by atoms with Crippen molar-refractivity contribution in [3.63, 3.8) is 0 Å². The number of hydrogen-bond acceptors (Lipinski definition) is 4. The van der Waals surface area contributed by atoms with Crippen molar-refractivity contribution < 1.29 is 14.2 Å². The molecular weight excluding hydrogens is 308 g/mol. The number of thiophene rings is 1. The zero-order valence-corrected chi connectivity index (χ0v) is 14.0. The summed E-state index contributed by atoms with van der Waals surface area (Å²) in [4.78, 5) is 2.94. The molecule has 0 spiro atoms. The number of aryl methyl sites for hydroxylation is 1. The quantitative estimate of drug-likeness (QED) is 0.743. The summed E-state index contributed by atoms with van der Waals surface area (Å²) in [6, 6.07) is 8.54. The molecule has 0 amide bonds. The molecule has 23 heavy (non-hydrogen) atoms. The minimum Gasteiger partial charge on any atom is -0.454 e. The van der Waals surface area contributed by atoms with Crippen molar-refractivity contribution in [1.29, 1.82) is 0 Å². The van der Waals surface area contributed by atoms with Gasteiger partial charge in [-0.05, 0) is 49.1 Å². The Morgan fingerprint density at radius 1 is 1.04 bits per heavy atom. The first-order valence-corrected chi connectivity index (χ1v) is 9.26. The molecule has 0 N–H and O–H groups in total. The van der Waals surface area contributed by atoms with Crippen molar-refractivity contribution in [3.8, 4) is 11.5 Å². The Kier molecular flexibility index (Phi) is 3.17. The minimum atomic E-state index is 0.0313. The van der Waals surface area contributed by atoms with Crippen LogP contribution in [0.4, 0.5) is 0 Å². The van der Waals surface area contributed by atoms with E-state index in [0.29, 0.717) is 18.8 Å². The van der Waals surface area contributed by atoms with Gasteiger partial charge in [-0.1, -0.05) is 18.9 Å². The fourth-order valence-electron chi connectivity index (χ4n) is 4.19. The van der Waals surface area contributed by atoms with Crippen LogP contribution in [-0.4, -0.2) is 12.9 Å². The van der Waals surface area contributed by atoms with Gasteiger partial charge in [-0.25, -0.2) is 0 Å². The Balaban J connectivity index is 1.59. The highest BCUT2D eigenvalue weighted by Gasteiger charge is 2.39. The summed E-state index contributed by atoms with van der Waals surface area (Å²) in [5, 5.41) is 0. The second-order valence-electron chi connectivity index (χ2n) is 6.73. The molecular formula is C19H20O3S. The van der Waals surface area contributed by atoms with Gasteiger partial charge in [0, 0.05) is 15.7 Å². The van der Waals surface area contributed by atoms with Crippen LogP contribution in [-0.2, 0) is 4.74 Å². The van der Waals surface area contributed by atoms with Crippen LogP contribution in [0.2, 0.25) is 0 Å². The third-order valence-corrected chi connectivity index (χ3v) is 6.44. The average Bonchev–Trinajstić information content (AvgIpc) is 3.19. The fourth-order valence-corrected chi connectivity index (χ4v) is 5.43. The number of benzene rings is 1. The predicted octanol–water partition coefficient (Wildman–Crippen LogP) is 4.93. The molecule has 0 unspecified atom stereocenters. The number of ether oxygens (including phenoxy) is 3. The van der Waals surface area contributed by atoms with Crippen LogP contribution in [0.15, 0.2) is 24.3 Å². The molecule has 2 aromatic rings. The highest BCUT2D eigenvalue weighted by molar-refractivity contribution is 7.12. The fraction of sp³-hybridized carbons (Fsp3) is 0.474. The number of hydrogen-bond donors (Lipinski definition) is 0. The van der Waals surface area contributed by atoms with E-state index in [9.17, 15) is 0 Å². The van der Waals surface area contributed by atoms with Gasteiger partial charge in [0.1, 0.15) is 6.10 Å². The third kappa shape index (κ3) is 2.19. The zero-order valence-electron chi connectivity index (χ0n) is 13.2. The van der Waals surface area contributed by atoms with E-state index in [2.05, 4.69) is 25.1 Å². The van der Waals surface area contributed by atoms with Gasteiger partial charge in [0.2, 0.25) is 6.79 Å². The molecule has 1 fully saturated rings. The van der Waals surface area contributed by atoms with Crippen molar-refractivity contribution in [2.45, 2.75) is 50.7 Å². The molecule has 0 saturated heterocycles. The van der Waals surface area contributed by atoms with E-state index in [1.54, 1.807) is 4.88 Å². The maximum absolute atomic E-state index is 6.59. The van der Waals surface area contributed by atoms with Gasteiger partial charge in [0.05, 0.1) is 6.10 Å². The molecule has 3 heterocycles. The summed E-state index contributed by atoms with van der Waals surface area (Å²) < 4.78 is 17.6. The molecule has 1 aromatic carbocycles. The maximum atomic E-state index is 6.59. The summed E-state index contributed by atoms with van der Waals surface area (Å²) in [6.07, 6.45) is 5.46. The first-order valence-electron chi connectivity index (χ1n) is 8.45. The molecule has 1 aromatic heterocycles. The lowest BCUT2D eigenvalue weighted by molar-refractivity contribution is -0.0374. The van der Waals surface area contributed by atoms with Crippen LogP contribution < -0.4 is 9.47 Å². The van der Waals surface area contributed by atoms with Gasteiger partial charge in [-0.15, -0.1) is 11.3 Å². The summed E-state index contributed by atoms with van der Waals surface area (Å²) in [5.41, 5.74) is 2.55. The minimum absolute atomic E-state index is 0.0313. The van der Waals surface area contributed by atoms with Crippen molar-refractivity contribution >= 4 is 11.3 Å². The maximum Gasteiger partial charge on any atom is 0.231 e. The lowest BCUT2D eigenvalue weighted by atomic mass is 9.80. The van der Waals surface area contributed by atoms with Crippen molar-refractivity contribution in [2.24, 2.45) is 0 Å². The topological polar surface area (TPSA) is 27.7 Å². The van der Waals surface area contributed by atoms with E-state index < -0.39 is 0 Å². The number of fused-ring (bicyclic) bond motifs is 4. The lowest BCUT2D eigenvalue weighted by Crippen LogP contribution is -2.32. The van der Waals surface area contributed by atoms with E-state index in [0.717, 1.165) is 11.5 Å². The predicted molar refractivity (Wildman–Crippen MR) is 89.5 cm³/mol. The van der Waals surface area contributed by atoms with E-state index >= 15 is 0 Å². The monoisotopic (exact) mass is 328 g/mol. The van der Waals surface area contributed by atoms with Crippen LogP contribution >= 0.6 is 11.3 Å². The van der Waals surface area contributed by atoms with Gasteiger partial charge in [-0.2, -0.15) is 0 Å². The lowest BCUT2D eigenvalue weighted by Gasteiger charge is -2.39. The van der Waals surface area contributed by atoms with Gasteiger partial charge < -0.3 is 14.2 Å². The molecule has 2 aliphatic heterocycles. The Hall–Kier alpha value is -1.52. The molecule has 3 aliphatic rings. The van der Waals surface area contributed by atoms with Crippen LogP contribution in [0.25, 0.3) is 0 Å². The highest BCUT2D eigenvalue weighted by atomic mass is 32.1. The second-order valence-corrected chi connectivity index (χ2v) is 8.02. The van der Waals surface area contributed by atoms with Crippen molar-refractivity contribution in [3.05, 3.63) is 45.1 Å². The Morgan fingerprint density at radius 3 is 2.87 bits per heavy atom. The summed E-state index contributed by atoms with van der Waals surface area (Å²) >= 11 is 1.96. The summed E-state index contributed by atoms with van der Waals surface area (Å²) in [7, 11) is 0. The molecule has 0 bridgehead atoms. The van der Waals surface area contributed by atoms with E-state index in [-0.39, 0.29) is 6.10 Å². The molecule has 120 valence electrons. The normalized spacial score (nSPS) is 28.3. The van der Waals surface area contributed by atoms with E-state index in [1.807, 2.05) is 17.4 Å². The van der Waals surface area contributed by atoms with E-state index in [1.165, 1.54) is 41.7 Å². The summed E-state index contributed by atoms with van der Waals surface area (Å²) in [5.74, 6) is 2.27. The van der Waals surface area contributed by atoms with Gasteiger partial charge in [0.25, 0.3) is 0 Å². The van der Waals surface area contributed by atoms with Crippen LogP contribution in [0.1, 0.15) is 58.6 Å². The summed E-state index contributed by atoms with van der Waals surface area (Å²) in [6.45, 7) is 2.52. The van der Waals surface area contributed by atoms with Crippen LogP contribution in [0.3, 0.4) is 0 Å². The van der Waals surface area contributed by atoms with Gasteiger partial charge in [0.15, 0.2) is 11.5 Å². The molecule has 1 aliphatic carbocycles. The zero-order chi connectivity index (χ0) is 15.4. The Labute approximate surface area is 140 Å². The number of rotatable bonds is 1. The molecule has 0 radical (unpaired) electrons. The molecule has 5 rings (SSSR count). The van der Waals surface area contributed by atoms with Crippen LogP contribution in [0, 0.1) is 6.92 Å². The standard InChI is InChI=1S/C19H20O3S/c1-11-8-14-18(12-6-7-16-17(9-12)21-10-20-16)22-15-5-3-2-4-13(15)19(14)23-11/h6-9,13,15,18H,2-5,10H2,1H3/t13-,15+,18+/m1/s1. The third-order valence-electron chi connectivity index (χ3n) is 5.25. The second kappa shape index (κ2) is 5.25. The van der Waals surface area contributed by atoms with Crippen molar-refractivity contribution in [2.75, 3.05) is 6.79 Å². The highest BCUT2D eigenvalue weighted by Crippen LogP contribution is 2.50.